The van der Waals surface area contributed by atoms with Gasteiger partial charge in [-0.25, -0.2) is 9.18 Å². The van der Waals surface area contributed by atoms with E-state index in [-0.39, 0.29) is 18.7 Å². The van der Waals surface area contributed by atoms with Gasteiger partial charge in [-0.2, -0.15) is 0 Å². The minimum atomic E-state index is -1.59. The van der Waals surface area contributed by atoms with E-state index in [4.69, 9.17) is 0 Å². The van der Waals surface area contributed by atoms with E-state index in [9.17, 15) is 28.9 Å². The first kappa shape index (κ1) is 21.0. The molecule has 3 aliphatic rings. The molecule has 5 rings (SSSR count). The molecule has 0 radical (unpaired) electrons. The Morgan fingerprint density at radius 3 is 2.61 bits per heavy atom. The zero-order chi connectivity index (χ0) is 23.3. The minimum Gasteiger partial charge on any atom is -0.367 e. The third-order valence-electron chi connectivity index (χ3n) is 6.88. The molecule has 9 nitrogen and oxygen atoms in total. The molecule has 0 aliphatic carbocycles. The van der Waals surface area contributed by atoms with Crippen LogP contribution in [0, 0.1) is 21.3 Å². The van der Waals surface area contributed by atoms with Crippen molar-refractivity contribution in [3.63, 3.8) is 0 Å². The number of rotatable bonds is 3. The maximum atomic E-state index is 13.9. The lowest BCUT2D eigenvalue weighted by atomic mass is 9.66. The predicted octanol–water partition coefficient (Wildman–Crippen LogP) is 2.91. The van der Waals surface area contributed by atoms with Crippen LogP contribution < -0.4 is 10.2 Å². The first-order chi connectivity index (χ1) is 15.8. The number of halogens is 1. The molecule has 33 heavy (non-hydrogen) atoms. The molecule has 0 bridgehead atoms. The Bertz CT molecular complexity index is 1180. The van der Waals surface area contributed by atoms with Gasteiger partial charge in [-0.1, -0.05) is 12.1 Å². The molecular weight excluding hydrogens is 431 g/mol. The second-order valence-corrected chi connectivity index (χ2v) is 8.70. The van der Waals surface area contributed by atoms with Crippen LogP contribution >= 0.6 is 0 Å². The number of imide groups is 2. The smallest absolute Gasteiger partial charge is 0.331 e. The van der Waals surface area contributed by atoms with Crippen molar-refractivity contribution < 1.29 is 23.7 Å². The summed E-state index contributed by atoms with van der Waals surface area (Å²) in [5, 5.41) is 13.7. The van der Waals surface area contributed by atoms with Gasteiger partial charge >= 0.3 is 6.03 Å². The van der Waals surface area contributed by atoms with Crippen LogP contribution in [0.15, 0.2) is 42.5 Å². The molecule has 0 unspecified atom stereocenters. The van der Waals surface area contributed by atoms with Gasteiger partial charge in [-0.05, 0) is 48.6 Å². The SMILES string of the molecule is O=C1NC(=O)[C@@]2(Cc3cc([N+](=O)[O-])ccc3N3CCCC[C@H]32)C(=O)N1Cc1ccc(F)cc1. The van der Waals surface area contributed by atoms with E-state index in [2.05, 4.69) is 5.32 Å². The number of hydrogen-bond donors (Lipinski definition) is 1. The summed E-state index contributed by atoms with van der Waals surface area (Å²) in [6.07, 6.45) is 2.21. The van der Waals surface area contributed by atoms with Crippen LogP contribution in [0.25, 0.3) is 0 Å². The molecule has 0 saturated carbocycles. The van der Waals surface area contributed by atoms with Crippen molar-refractivity contribution in [2.75, 3.05) is 11.4 Å². The quantitative estimate of drug-likeness (QED) is 0.435. The molecule has 3 aliphatic heterocycles. The van der Waals surface area contributed by atoms with Gasteiger partial charge < -0.3 is 4.90 Å². The van der Waals surface area contributed by atoms with E-state index >= 15 is 0 Å². The molecule has 1 N–H and O–H groups in total. The number of carbonyl (C=O) groups is 3. The highest BCUT2D eigenvalue weighted by molar-refractivity contribution is 6.20. The first-order valence-electron chi connectivity index (χ1n) is 10.8. The Morgan fingerprint density at radius 1 is 1.12 bits per heavy atom. The summed E-state index contributed by atoms with van der Waals surface area (Å²) in [7, 11) is 0. The first-order valence-corrected chi connectivity index (χ1v) is 10.8. The largest absolute Gasteiger partial charge is 0.367 e. The third kappa shape index (κ3) is 3.24. The van der Waals surface area contributed by atoms with Crippen LogP contribution in [0.2, 0.25) is 0 Å². The van der Waals surface area contributed by atoms with Crippen LogP contribution in [0.4, 0.5) is 20.6 Å². The van der Waals surface area contributed by atoms with Gasteiger partial charge in [0, 0.05) is 30.8 Å². The van der Waals surface area contributed by atoms with E-state index in [0.717, 1.165) is 23.4 Å². The van der Waals surface area contributed by atoms with Crippen molar-refractivity contribution >= 4 is 29.2 Å². The molecule has 2 aromatic rings. The number of non-ortho nitro benzene ring substituents is 1. The Morgan fingerprint density at radius 2 is 1.88 bits per heavy atom. The summed E-state index contributed by atoms with van der Waals surface area (Å²) in [5.41, 5.74) is 0.135. The Kier molecular flexibility index (Phi) is 4.88. The number of hydrogen-bond acceptors (Lipinski definition) is 6. The van der Waals surface area contributed by atoms with E-state index in [1.165, 1.54) is 36.4 Å². The van der Waals surface area contributed by atoms with Crippen molar-refractivity contribution in [2.45, 2.75) is 38.3 Å². The zero-order valence-corrected chi connectivity index (χ0v) is 17.6. The summed E-state index contributed by atoms with van der Waals surface area (Å²) >= 11 is 0. The van der Waals surface area contributed by atoms with Crippen LogP contribution in [0.3, 0.4) is 0 Å². The molecular formula is C23H21FN4O5. The molecule has 3 heterocycles. The fourth-order valence-corrected chi connectivity index (χ4v) is 5.33. The van der Waals surface area contributed by atoms with Gasteiger partial charge in [-0.15, -0.1) is 0 Å². The molecule has 0 aromatic heterocycles. The van der Waals surface area contributed by atoms with Crippen molar-refractivity contribution in [3.05, 3.63) is 69.5 Å². The molecule has 1 spiro atoms. The van der Waals surface area contributed by atoms with Gasteiger partial charge in [0.15, 0.2) is 5.41 Å². The Labute approximate surface area is 188 Å². The van der Waals surface area contributed by atoms with Crippen LogP contribution in [-0.2, 0) is 22.6 Å². The summed E-state index contributed by atoms with van der Waals surface area (Å²) < 4.78 is 13.3. The maximum absolute atomic E-state index is 13.9. The monoisotopic (exact) mass is 452 g/mol. The number of barbiturate groups is 1. The van der Waals surface area contributed by atoms with Crippen LogP contribution in [-0.4, -0.2) is 40.3 Å². The van der Waals surface area contributed by atoms with Gasteiger partial charge in [0.05, 0.1) is 17.5 Å². The van der Waals surface area contributed by atoms with Gasteiger partial charge in [-0.3, -0.25) is 29.9 Å². The highest BCUT2D eigenvalue weighted by Gasteiger charge is 2.62. The van der Waals surface area contributed by atoms with Gasteiger partial charge in [0.2, 0.25) is 11.8 Å². The third-order valence-corrected chi connectivity index (χ3v) is 6.88. The number of anilines is 1. The lowest BCUT2D eigenvalue weighted by molar-refractivity contribution is -0.384. The van der Waals surface area contributed by atoms with Crippen molar-refractivity contribution in [1.82, 2.24) is 10.2 Å². The standard InChI is InChI=1S/C23H21FN4O5/c24-16-6-4-14(5-7-16)13-27-21(30)23(20(29)25-22(27)31)12-15-11-17(28(32)33)8-9-18(15)26-10-2-1-3-19(23)26/h4-9,11,19H,1-3,10,12-13H2,(H,25,29,31)/t19-,23-/m0/s1. The van der Waals surface area contributed by atoms with Crippen molar-refractivity contribution in [3.8, 4) is 0 Å². The molecule has 170 valence electrons. The number of urea groups is 1. The minimum absolute atomic E-state index is 0.0386. The van der Waals surface area contributed by atoms with E-state index in [1.54, 1.807) is 6.07 Å². The highest BCUT2D eigenvalue weighted by Crippen LogP contribution is 2.48. The lowest BCUT2D eigenvalue weighted by Crippen LogP contribution is -2.72. The number of fused-ring (bicyclic) bond motifs is 4. The number of carbonyl (C=O) groups excluding carboxylic acids is 3. The summed E-state index contributed by atoms with van der Waals surface area (Å²) in [6.45, 7) is 0.484. The lowest BCUT2D eigenvalue weighted by Gasteiger charge is -2.53. The van der Waals surface area contributed by atoms with E-state index in [1.807, 2.05) is 4.90 Å². The average Bonchev–Trinajstić information content (AvgIpc) is 2.81. The number of nitrogens with zero attached hydrogens (tertiary/aromatic N) is 3. The summed E-state index contributed by atoms with van der Waals surface area (Å²) in [5.74, 6) is -1.75. The van der Waals surface area contributed by atoms with Crippen LogP contribution in [0.5, 0.6) is 0 Å². The number of nitro groups is 1. The topological polar surface area (TPSA) is 113 Å². The number of benzene rings is 2. The molecule has 2 aromatic carbocycles. The molecule has 2 fully saturated rings. The van der Waals surface area contributed by atoms with Crippen LogP contribution in [0.1, 0.15) is 30.4 Å². The Balaban J connectivity index is 1.59. The number of nitrogens with one attached hydrogen (secondary N) is 1. The summed E-state index contributed by atoms with van der Waals surface area (Å²) in [4.78, 5) is 53.7. The van der Waals surface area contributed by atoms with Crippen molar-refractivity contribution in [2.24, 2.45) is 5.41 Å². The fourth-order valence-electron chi connectivity index (χ4n) is 5.33. The molecule has 2 saturated heterocycles. The average molecular weight is 452 g/mol. The Hall–Kier alpha value is -3.82. The molecule has 10 heteroatoms. The number of nitro benzene ring substituents is 1. The molecule has 4 amide bonds. The zero-order valence-electron chi connectivity index (χ0n) is 17.6. The second-order valence-electron chi connectivity index (χ2n) is 8.70. The normalized spacial score (nSPS) is 24.4. The summed E-state index contributed by atoms with van der Waals surface area (Å²) in [6, 6.07) is 8.63. The second kappa shape index (κ2) is 7.65. The molecule has 2 atom stereocenters. The maximum Gasteiger partial charge on any atom is 0.331 e. The van der Waals surface area contributed by atoms with Crippen molar-refractivity contribution in [1.29, 1.82) is 0 Å². The van der Waals surface area contributed by atoms with E-state index < -0.39 is 40.0 Å². The highest BCUT2D eigenvalue weighted by atomic mass is 19.1. The predicted molar refractivity (Wildman–Crippen MR) is 115 cm³/mol. The van der Waals surface area contributed by atoms with Gasteiger partial charge in [0.1, 0.15) is 5.82 Å². The number of amides is 4. The number of piperidine rings is 1. The fraction of sp³-hybridized carbons (Fsp3) is 0.348. The van der Waals surface area contributed by atoms with E-state index in [0.29, 0.717) is 24.1 Å². The van der Waals surface area contributed by atoms with Gasteiger partial charge in [0.25, 0.3) is 5.69 Å².